The molecule has 0 bridgehead atoms. The Hall–Kier alpha value is -1.35. The highest BCUT2D eigenvalue weighted by Crippen LogP contribution is 2.46. The first-order valence-corrected chi connectivity index (χ1v) is 5.32. The van der Waals surface area contributed by atoms with Crippen molar-refractivity contribution in [1.29, 1.82) is 0 Å². The van der Waals surface area contributed by atoms with Gasteiger partial charge >= 0.3 is 0 Å². The number of aromatic amines is 1. The van der Waals surface area contributed by atoms with Crippen LogP contribution in [0.5, 0.6) is 0 Å². The number of aliphatic hydroxyl groups excluding tert-OH is 1. The second-order valence-electron chi connectivity index (χ2n) is 4.62. The SMILES string of the molecule is CC1(c2nc3c(CO)cccc3[nH]2)CC1. The third kappa shape index (κ3) is 1.27. The van der Waals surface area contributed by atoms with Crippen LogP contribution in [0.3, 0.4) is 0 Å². The van der Waals surface area contributed by atoms with Gasteiger partial charge in [0.05, 0.1) is 17.6 Å². The molecule has 3 rings (SSSR count). The molecule has 0 aliphatic heterocycles. The maximum atomic E-state index is 9.21. The molecule has 1 aromatic heterocycles. The van der Waals surface area contributed by atoms with Gasteiger partial charge in [-0.3, -0.25) is 0 Å². The second kappa shape index (κ2) is 2.83. The van der Waals surface area contributed by atoms with Crippen LogP contribution in [-0.2, 0) is 12.0 Å². The monoisotopic (exact) mass is 202 g/mol. The summed E-state index contributed by atoms with van der Waals surface area (Å²) in [6.45, 7) is 2.28. The molecule has 1 aliphatic carbocycles. The van der Waals surface area contributed by atoms with Gasteiger partial charge in [-0.05, 0) is 18.9 Å². The number of fused-ring (bicyclic) bond motifs is 1. The van der Waals surface area contributed by atoms with E-state index in [0.29, 0.717) is 0 Å². The van der Waals surface area contributed by atoms with E-state index in [2.05, 4.69) is 16.9 Å². The number of hydrogen-bond acceptors (Lipinski definition) is 2. The van der Waals surface area contributed by atoms with Crippen molar-refractivity contribution in [2.45, 2.75) is 31.8 Å². The molecule has 0 amide bonds. The first-order chi connectivity index (χ1) is 7.23. The molecule has 0 unspecified atom stereocenters. The molecule has 0 spiro atoms. The van der Waals surface area contributed by atoms with E-state index in [1.165, 1.54) is 12.8 Å². The number of H-pyrrole nitrogens is 1. The summed E-state index contributed by atoms with van der Waals surface area (Å²) < 4.78 is 0. The fourth-order valence-corrected chi connectivity index (χ4v) is 1.93. The molecule has 15 heavy (non-hydrogen) atoms. The van der Waals surface area contributed by atoms with Gasteiger partial charge in [-0.2, -0.15) is 0 Å². The Bertz CT molecular complexity index is 511. The summed E-state index contributed by atoms with van der Waals surface area (Å²) >= 11 is 0. The third-order valence-corrected chi connectivity index (χ3v) is 3.34. The number of rotatable bonds is 2. The van der Waals surface area contributed by atoms with Crippen LogP contribution < -0.4 is 0 Å². The molecule has 78 valence electrons. The van der Waals surface area contributed by atoms with Crippen molar-refractivity contribution >= 4 is 11.0 Å². The van der Waals surface area contributed by atoms with E-state index in [1.807, 2.05) is 18.2 Å². The van der Waals surface area contributed by atoms with E-state index in [1.54, 1.807) is 0 Å². The molecule has 1 saturated carbocycles. The first-order valence-electron chi connectivity index (χ1n) is 5.32. The van der Waals surface area contributed by atoms with Gasteiger partial charge in [0.2, 0.25) is 0 Å². The lowest BCUT2D eigenvalue weighted by Crippen LogP contribution is -2.01. The van der Waals surface area contributed by atoms with Gasteiger partial charge in [0.25, 0.3) is 0 Å². The predicted octanol–water partition coefficient (Wildman–Crippen LogP) is 2.11. The number of hydrogen-bond donors (Lipinski definition) is 2. The van der Waals surface area contributed by atoms with Gasteiger partial charge in [0.15, 0.2) is 0 Å². The van der Waals surface area contributed by atoms with Crippen LogP contribution >= 0.6 is 0 Å². The topological polar surface area (TPSA) is 48.9 Å². The Kier molecular flexibility index (Phi) is 1.68. The molecular weight excluding hydrogens is 188 g/mol. The fourth-order valence-electron chi connectivity index (χ4n) is 1.93. The fraction of sp³-hybridized carbons (Fsp3) is 0.417. The smallest absolute Gasteiger partial charge is 0.113 e. The van der Waals surface area contributed by atoms with Gasteiger partial charge in [0, 0.05) is 11.0 Å². The van der Waals surface area contributed by atoms with Gasteiger partial charge < -0.3 is 10.1 Å². The molecule has 1 fully saturated rings. The normalized spacial score (nSPS) is 18.3. The van der Waals surface area contributed by atoms with Crippen LogP contribution in [0.25, 0.3) is 11.0 Å². The molecule has 0 saturated heterocycles. The molecule has 3 nitrogen and oxygen atoms in total. The average molecular weight is 202 g/mol. The Morgan fingerprint density at radius 3 is 2.93 bits per heavy atom. The predicted molar refractivity (Wildman–Crippen MR) is 58.6 cm³/mol. The lowest BCUT2D eigenvalue weighted by atomic mass is 10.1. The van der Waals surface area contributed by atoms with E-state index >= 15 is 0 Å². The van der Waals surface area contributed by atoms with Crippen molar-refractivity contribution in [3.8, 4) is 0 Å². The number of benzene rings is 1. The lowest BCUT2D eigenvalue weighted by Gasteiger charge is -2.00. The van der Waals surface area contributed by atoms with Crippen LogP contribution in [-0.4, -0.2) is 15.1 Å². The Labute approximate surface area is 88.2 Å². The molecule has 0 radical (unpaired) electrons. The molecular formula is C12H14N2O. The Morgan fingerprint density at radius 1 is 1.47 bits per heavy atom. The quantitative estimate of drug-likeness (QED) is 0.783. The van der Waals surface area contributed by atoms with Gasteiger partial charge in [0.1, 0.15) is 5.82 Å². The molecule has 2 aromatic rings. The Balaban J connectivity index is 2.21. The maximum Gasteiger partial charge on any atom is 0.113 e. The highest BCUT2D eigenvalue weighted by molar-refractivity contribution is 5.79. The number of nitrogens with zero attached hydrogens (tertiary/aromatic N) is 1. The molecule has 1 heterocycles. The van der Waals surface area contributed by atoms with Crippen molar-refractivity contribution in [3.05, 3.63) is 29.6 Å². The summed E-state index contributed by atoms with van der Waals surface area (Å²) in [5, 5.41) is 9.21. The average Bonchev–Trinajstić information content (AvgIpc) is 2.84. The molecule has 1 aliphatic rings. The minimum Gasteiger partial charge on any atom is -0.392 e. The summed E-state index contributed by atoms with van der Waals surface area (Å²) in [6.07, 6.45) is 2.42. The van der Waals surface area contributed by atoms with Crippen molar-refractivity contribution in [1.82, 2.24) is 9.97 Å². The highest BCUT2D eigenvalue weighted by Gasteiger charge is 2.42. The van der Waals surface area contributed by atoms with Gasteiger partial charge in [-0.15, -0.1) is 0 Å². The van der Waals surface area contributed by atoms with Crippen molar-refractivity contribution < 1.29 is 5.11 Å². The van der Waals surface area contributed by atoms with Crippen LogP contribution in [0, 0.1) is 0 Å². The lowest BCUT2D eigenvalue weighted by molar-refractivity contribution is 0.283. The van der Waals surface area contributed by atoms with Gasteiger partial charge in [-0.25, -0.2) is 4.98 Å². The first kappa shape index (κ1) is 8.92. The minimum atomic E-state index is 0.0539. The minimum absolute atomic E-state index is 0.0539. The van der Waals surface area contributed by atoms with Crippen molar-refractivity contribution in [2.75, 3.05) is 0 Å². The van der Waals surface area contributed by atoms with Gasteiger partial charge in [-0.1, -0.05) is 19.1 Å². The van der Waals surface area contributed by atoms with Crippen LogP contribution in [0.2, 0.25) is 0 Å². The zero-order valence-electron chi connectivity index (χ0n) is 8.75. The van der Waals surface area contributed by atoms with E-state index in [4.69, 9.17) is 0 Å². The zero-order chi connectivity index (χ0) is 10.5. The molecule has 1 aromatic carbocycles. The summed E-state index contributed by atoms with van der Waals surface area (Å²) in [5.74, 6) is 1.07. The van der Waals surface area contributed by atoms with E-state index < -0.39 is 0 Å². The number of nitrogens with one attached hydrogen (secondary N) is 1. The number of aliphatic hydroxyl groups is 1. The second-order valence-corrected chi connectivity index (χ2v) is 4.62. The molecule has 2 N–H and O–H groups in total. The number of para-hydroxylation sites is 1. The summed E-state index contributed by atoms with van der Waals surface area (Å²) in [4.78, 5) is 7.95. The zero-order valence-corrected chi connectivity index (χ0v) is 8.75. The molecule has 3 heteroatoms. The third-order valence-electron chi connectivity index (χ3n) is 3.34. The number of aromatic nitrogens is 2. The van der Waals surface area contributed by atoms with Crippen LogP contribution in [0.4, 0.5) is 0 Å². The van der Waals surface area contributed by atoms with E-state index in [0.717, 1.165) is 22.4 Å². The maximum absolute atomic E-state index is 9.21. The van der Waals surface area contributed by atoms with E-state index in [9.17, 15) is 5.11 Å². The summed E-state index contributed by atoms with van der Waals surface area (Å²) in [6, 6.07) is 5.88. The molecule has 0 atom stereocenters. The standard InChI is InChI=1S/C12H14N2O/c1-12(5-6-12)11-13-9-4-2-3-8(7-15)10(9)14-11/h2-4,15H,5-7H2,1H3,(H,13,14). The van der Waals surface area contributed by atoms with Crippen molar-refractivity contribution in [3.63, 3.8) is 0 Å². The Morgan fingerprint density at radius 2 is 2.27 bits per heavy atom. The highest BCUT2D eigenvalue weighted by atomic mass is 16.3. The summed E-state index contributed by atoms with van der Waals surface area (Å²) in [7, 11) is 0. The van der Waals surface area contributed by atoms with Crippen LogP contribution in [0.1, 0.15) is 31.2 Å². The van der Waals surface area contributed by atoms with Crippen molar-refractivity contribution in [2.24, 2.45) is 0 Å². The number of imidazole rings is 1. The summed E-state index contributed by atoms with van der Waals surface area (Å²) in [5.41, 5.74) is 3.11. The van der Waals surface area contributed by atoms with E-state index in [-0.39, 0.29) is 12.0 Å². The largest absolute Gasteiger partial charge is 0.392 e. The van der Waals surface area contributed by atoms with Crippen LogP contribution in [0.15, 0.2) is 18.2 Å².